The Hall–Kier alpha value is -0.120. The molecule has 72 valence electrons. The molecule has 0 aliphatic carbocycles. The standard InChI is InChI=1S/C9H21N3/c1-11(2)4-3-5-12-7-9(6-10)8-12/h9H,3-8,10H2,1-2H3. The maximum Gasteiger partial charge on any atom is 0.00341 e. The summed E-state index contributed by atoms with van der Waals surface area (Å²) >= 11 is 0. The van der Waals surface area contributed by atoms with Crippen molar-refractivity contribution in [1.29, 1.82) is 0 Å². The number of nitrogens with zero attached hydrogens (tertiary/aromatic N) is 2. The molecule has 1 fully saturated rings. The lowest BCUT2D eigenvalue weighted by Gasteiger charge is -2.38. The lowest BCUT2D eigenvalue weighted by molar-refractivity contribution is 0.102. The number of nitrogens with two attached hydrogens (primary N) is 1. The lowest BCUT2D eigenvalue weighted by Crippen LogP contribution is -2.50. The Morgan fingerprint density at radius 3 is 2.58 bits per heavy atom. The van der Waals surface area contributed by atoms with E-state index in [1.54, 1.807) is 0 Å². The largest absolute Gasteiger partial charge is 0.330 e. The third-order valence-electron chi connectivity index (χ3n) is 2.45. The molecule has 0 saturated carbocycles. The van der Waals surface area contributed by atoms with Gasteiger partial charge in [0.05, 0.1) is 0 Å². The van der Waals surface area contributed by atoms with Crippen LogP contribution in [0, 0.1) is 5.92 Å². The summed E-state index contributed by atoms with van der Waals surface area (Å²) in [4.78, 5) is 4.72. The van der Waals surface area contributed by atoms with E-state index in [0.29, 0.717) is 0 Å². The molecule has 0 spiro atoms. The fourth-order valence-electron chi connectivity index (χ4n) is 1.62. The molecule has 3 heteroatoms. The van der Waals surface area contributed by atoms with Gasteiger partial charge in [0.15, 0.2) is 0 Å². The van der Waals surface area contributed by atoms with Crippen molar-refractivity contribution in [2.45, 2.75) is 6.42 Å². The van der Waals surface area contributed by atoms with Crippen molar-refractivity contribution in [2.24, 2.45) is 11.7 Å². The van der Waals surface area contributed by atoms with Gasteiger partial charge in [0.2, 0.25) is 0 Å². The molecule has 1 heterocycles. The molecule has 0 bridgehead atoms. The first-order valence-electron chi connectivity index (χ1n) is 4.79. The lowest BCUT2D eigenvalue weighted by atomic mass is 10.0. The van der Waals surface area contributed by atoms with Gasteiger partial charge < -0.3 is 15.5 Å². The smallest absolute Gasteiger partial charge is 0.00341 e. The van der Waals surface area contributed by atoms with Gasteiger partial charge in [0, 0.05) is 13.1 Å². The van der Waals surface area contributed by atoms with E-state index in [1.807, 2.05) is 0 Å². The highest BCUT2D eigenvalue weighted by Gasteiger charge is 2.23. The van der Waals surface area contributed by atoms with E-state index in [0.717, 1.165) is 12.5 Å². The predicted octanol–water partition coefficient (Wildman–Crippen LogP) is -0.171. The fourth-order valence-corrected chi connectivity index (χ4v) is 1.62. The van der Waals surface area contributed by atoms with Gasteiger partial charge in [-0.15, -0.1) is 0 Å². The van der Waals surface area contributed by atoms with Gasteiger partial charge in [-0.05, 0) is 46.1 Å². The van der Waals surface area contributed by atoms with Gasteiger partial charge >= 0.3 is 0 Å². The van der Waals surface area contributed by atoms with Crippen molar-refractivity contribution in [1.82, 2.24) is 9.80 Å². The second kappa shape index (κ2) is 4.80. The van der Waals surface area contributed by atoms with Crippen molar-refractivity contribution in [3.63, 3.8) is 0 Å². The monoisotopic (exact) mass is 171 g/mol. The van der Waals surface area contributed by atoms with Crippen LogP contribution in [0.5, 0.6) is 0 Å². The van der Waals surface area contributed by atoms with Crippen LogP contribution in [-0.2, 0) is 0 Å². The highest BCUT2D eigenvalue weighted by molar-refractivity contribution is 4.79. The molecular weight excluding hydrogens is 150 g/mol. The molecule has 12 heavy (non-hydrogen) atoms. The molecular formula is C9H21N3. The summed E-state index contributed by atoms with van der Waals surface area (Å²) in [7, 11) is 4.25. The summed E-state index contributed by atoms with van der Waals surface area (Å²) in [6.07, 6.45) is 1.28. The molecule has 0 atom stereocenters. The first-order chi connectivity index (χ1) is 5.72. The number of hydrogen-bond donors (Lipinski definition) is 1. The minimum absolute atomic E-state index is 0.782. The molecule has 0 aromatic rings. The molecule has 1 aliphatic rings. The van der Waals surface area contributed by atoms with Gasteiger partial charge in [0.1, 0.15) is 0 Å². The fraction of sp³-hybridized carbons (Fsp3) is 1.00. The topological polar surface area (TPSA) is 32.5 Å². The summed E-state index contributed by atoms with van der Waals surface area (Å²) in [5.41, 5.74) is 5.54. The Balaban J connectivity index is 1.90. The minimum atomic E-state index is 0.782. The first-order valence-corrected chi connectivity index (χ1v) is 4.79. The van der Waals surface area contributed by atoms with Crippen LogP contribution in [0.3, 0.4) is 0 Å². The van der Waals surface area contributed by atoms with Crippen molar-refractivity contribution in [3.05, 3.63) is 0 Å². The Kier molecular flexibility index (Phi) is 3.98. The number of hydrogen-bond acceptors (Lipinski definition) is 3. The van der Waals surface area contributed by atoms with E-state index in [9.17, 15) is 0 Å². The van der Waals surface area contributed by atoms with Gasteiger partial charge in [-0.2, -0.15) is 0 Å². The summed E-state index contributed by atoms with van der Waals surface area (Å²) in [5, 5.41) is 0. The molecule has 1 aliphatic heterocycles. The van der Waals surface area contributed by atoms with Crippen LogP contribution in [0.4, 0.5) is 0 Å². The zero-order valence-corrected chi connectivity index (χ0v) is 8.29. The van der Waals surface area contributed by atoms with Crippen LogP contribution in [0.25, 0.3) is 0 Å². The zero-order valence-electron chi connectivity index (χ0n) is 8.29. The Morgan fingerprint density at radius 1 is 1.42 bits per heavy atom. The Bertz CT molecular complexity index is 119. The molecule has 1 rings (SSSR count). The van der Waals surface area contributed by atoms with Crippen molar-refractivity contribution in [3.8, 4) is 0 Å². The van der Waals surface area contributed by atoms with E-state index < -0.39 is 0 Å². The third kappa shape index (κ3) is 3.09. The first kappa shape index (κ1) is 9.96. The Labute approximate surface area is 75.5 Å². The van der Waals surface area contributed by atoms with E-state index >= 15 is 0 Å². The summed E-state index contributed by atoms with van der Waals surface area (Å²) in [6.45, 7) is 5.76. The van der Waals surface area contributed by atoms with Gasteiger partial charge in [-0.1, -0.05) is 0 Å². The highest BCUT2D eigenvalue weighted by Crippen LogP contribution is 2.13. The quantitative estimate of drug-likeness (QED) is 0.623. The SMILES string of the molecule is CN(C)CCCN1CC(CN)C1. The van der Waals surface area contributed by atoms with E-state index in [2.05, 4.69) is 23.9 Å². The molecule has 0 aromatic heterocycles. The molecule has 0 amide bonds. The van der Waals surface area contributed by atoms with E-state index in [1.165, 1.54) is 32.6 Å². The average Bonchev–Trinajstić information content (AvgIpc) is 1.93. The summed E-state index contributed by atoms with van der Waals surface area (Å²) < 4.78 is 0. The second-order valence-corrected chi connectivity index (χ2v) is 4.02. The van der Waals surface area contributed by atoms with Crippen LogP contribution < -0.4 is 5.73 Å². The molecule has 1 saturated heterocycles. The average molecular weight is 171 g/mol. The van der Waals surface area contributed by atoms with Crippen molar-refractivity contribution >= 4 is 0 Å². The van der Waals surface area contributed by atoms with Gasteiger partial charge in [-0.3, -0.25) is 0 Å². The van der Waals surface area contributed by atoms with Gasteiger partial charge in [0.25, 0.3) is 0 Å². The van der Waals surface area contributed by atoms with Crippen molar-refractivity contribution < 1.29 is 0 Å². The summed E-state index contributed by atoms with van der Waals surface area (Å²) in [5.74, 6) is 0.782. The van der Waals surface area contributed by atoms with Crippen LogP contribution in [0.2, 0.25) is 0 Å². The van der Waals surface area contributed by atoms with Crippen LogP contribution in [0.1, 0.15) is 6.42 Å². The maximum atomic E-state index is 5.54. The maximum absolute atomic E-state index is 5.54. The van der Waals surface area contributed by atoms with Crippen molar-refractivity contribution in [2.75, 3.05) is 46.8 Å². The molecule has 0 radical (unpaired) electrons. The van der Waals surface area contributed by atoms with Crippen LogP contribution >= 0.6 is 0 Å². The zero-order chi connectivity index (χ0) is 8.97. The number of likely N-dealkylation sites (tertiary alicyclic amines) is 1. The number of rotatable bonds is 5. The third-order valence-corrected chi connectivity index (χ3v) is 2.45. The Morgan fingerprint density at radius 2 is 2.08 bits per heavy atom. The van der Waals surface area contributed by atoms with E-state index in [4.69, 9.17) is 5.73 Å². The van der Waals surface area contributed by atoms with Crippen LogP contribution in [0.15, 0.2) is 0 Å². The molecule has 0 unspecified atom stereocenters. The highest BCUT2D eigenvalue weighted by atomic mass is 15.2. The van der Waals surface area contributed by atoms with Crippen LogP contribution in [-0.4, -0.2) is 56.6 Å². The molecule has 0 aromatic carbocycles. The predicted molar refractivity (Wildman–Crippen MR) is 52.2 cm³/mol. The second-order valence-electron chi connectivity index (χ2n) is 4.02. The minimum Gasteiger partial charge on any atom is -0.330 e. The molecule has 2 N–H and O–H groups in total. The normalized spacial score (nSPS) is 20.0. The molecule has 3 nitrogen and oxygen atoms in total. The van der Waals surface area contributed by atoms with E-state index in [-0.39, 0.29) is 0 Å². The van der Waals surface area contributed by atoms with Gasteiger partial charge in [-0.25, -0.2) is 0 Å². The summed E-state index contributed by atoms with van der Waals surface area (Å²) in [6, 6.07) is 0.